The molecule has 0 atom stereocenters. The Morgan fingerprint density at radius 1 is 1.22 bits per heavy atom. The third-order valence-electron chi connectivity index (χ3n) is 2.49. The predicted molar refractivity (Wildman–Crippen MR) is 68.3 cm³/mol. The Bertz CT molecular complexity index is 559. The summed E-state index contributed by atoms with van der Waals surface area (Å²) in [6, 6.07) is 1.74. The minimum absolute atomic E-state index is 0.210. The topological polar surface area (TPSA) is 94.5 Å². The van der Waals surface area contributed by atoms with Gasteiger partial charge in [0.25, 0.3) is 0 Å². The Hall–Kier alpha value is -2.02. The lowest BCUT2D eigenvalue weighted by Crippen LogP contribution is -2.14. The number of hydrazine groups is 1. The average molecular weight is 247 g/mol. The fourth-order valence-corrected chi connectivity index (χ4v) is 1.63. The van der Waals surface area contributed by atoms with Crippen LogP contribution >= 0.6 is 0 Å². The van der Waals surface area contributed by atoms with E-state index in [4.69, 9.17) is 5.84 Å². The molecule has 18 heavy (non-hydrogen) atoms. The number of rotatable bonds is 3. The van der Waals surface area contributed by atoms with E-state index in [2.05, 4.69) is 25.5 Å². The summed E-state index contributed by atoms with van der Waals surface area (Å²) in [5.74, 6) is 9.07. The van der Waals surface area contributed by atoms with Crippen molar-refractivity contribution in [3.05, 3.63) is 23.5 Å². The molecule has 0 bridgehead atoms. The van der Waals surface area contributed by atoms with Gasteiger partial charge < -0.3 is 5.43 Å². The van der Waals surface area contributed by atoms with Crippen molar-refractivity contribution in [2.75, 3.05) is 5.43 Å². The van der Waals surface area contributed by atoms with Crippen molar-refractivity contribution < 1.29 is 0 Å². The largest absolute Gasteiger partial charge is 0.308 e. The van der Waals surface area contributed by atoms with Gasteiger partial charge in [0.15, 0.2) is 5.82 Å². The van der Waals surface area contributed by atoms with Crippen LogP contribution in [-0.2, 0) is 0 Å². The van der Waals surface area contributed by atoms with Crippen LogP contribution in [0.2, 0.25) is 0 Å². The van der Waals surface area contributed by atoms with Crippen molar-refractivity contribution in [1.82, 2.24) is 24.7 Å². The summed E-state index contributed by atoms with van der Waals surface area (Å²) in [4.78, 5) is 13.0. The standard InChI is InChI=1S/C11H17N7/c1-6(2)11-14-9(16-12)5-10(15-11)18-8(4)13-7(3)17-18/h5-6H,12H2,1-4H3,(H,14,15,16). The lowest BCUT2D eigenvalue weighted by Gasteiger charge is -2.10. The Balaban J connectivity index is 2.56. The fraction of sp³-hybridized carbons (Fsp3) is 0.455. The summed E-state index contributed by atoms with van der Waals surface area (Å²) in [5, 5.41) is 4.30. The second-order valence-electron chi connectivity index (χ2n) is 4.39. The van der Waals surface area contributed by atoms with Crippen LogP contribution in [0.5, 0.6) is 0 Å². The van der Waals surface area contributed by atoms with Gasteiger partial charge in [-0.1, -0.05) is 13.8 Å². The maximum Gasteiger partial charge on any atom is 0.161 e. The van der Waals surface area contributed by atoms with E-state index in [-0.39, 0.29) is 5.92 Å². The molecule has 0 spiro atoms. The SMILES string of the molecule is Cc1nc(C)n(-c2cc(NN)nc(C(C)C)n2)n1. The van der Waals surface area contributed by atoms with Gasteiger partial charge in [-0.05, 0) is 13.8 Å². The number of nitrogen functional groups attached to an aromatic ring is 1. The lowest BCUT2D eigenvalue weighted by atomic mass is 10.2. The van der Waals surface area contributed by atoms with Crippen LogP contribution in [0.3, 0.4) is 0 Å². The van der Waals surface area contributed by atoms with Crippen LogP contribution in [0.25, 0.3) is 5.82 Å². The van der Waals surface area contributed by atoms with Gasteiger partial charge in [0.1, 0.15) is 23.3 Å². The number of anilines is 1. The van der Waals surface area contributed by atoms with Gasteiger partial charge in [-0.3, -0.25) is 0 Å². The first-order valence-corrected chi connectivity index (χ1v) is 5.77. The Morgan fingerprint density at radius 3 is 2.44 bits per heavy atom. The molecule has 7 nitrogen and oxygen atoms in total. The molecule has 0 aliphatic carbocycles. The van der Waals surface area contributed by atoms with Gasteiger partial charge in [0, 0.05) is 12.0 Å². The Labute approximate surface area is 105 Å². The molecule has 96 valence electrons. The fourth-order valence-electron chi connectivity index (χ4n) is 1.63. The van der Waals surface area contributed by atoms with E-state index >= 15 is 0 Å². The van der Waals surface area contributed by atoms with Crippen LogP contribution in [-0.4, -0.2) is 24.7 Å². The van der Waals surface area contributed by atoms with Gasteiger partial charge in [-0.15, -0.1) is 5.10 Å². The molecule has 2 aromatic heterocycles. The molecule has 2 aromatic rings. The molecule has 2 rings (SSSR count). The van der Waals surface area contributed by atoms with Crippen molar-refractivity contribution >= 4 is 5.82 Å². The summed E-state index contributed by atoms with van der Waals surface area (Å²) in [6.45, 7) is 7.78. The van der Waals surface area contributed by atoms with Crippen molar-refractivity contribution in [3.8, 4) is 5.82 Å². The molecule has 0 radical (unpaired) electrons. The highest BCUT2D eigenvalue weighted by Gasteiger charge is 2.12. The normalized spacial score (nSPS) is 11.0. The van der Waals surface area contributed by atoms with Crippen molar-refractivity contribution in [2.45, 2.75) is 33.6 Å². The quantitative estimate of drug-likeness (QED) is 0.622. The second kappa shape index (κ2) is 4.69. The maximum atomic E-state index is 5.42. The molecule has 0 aliphatic heterocycles. The van der Waals surface area contributed by atoms with E-state index in [0.717, 1.165) is 5.82 Å². The van der Waals surface area contributed by atoms with Crippen molar-refractivity contribution in [3.63, 3.8) is 0 Å². The molecular weight excluding hydrogens is 230 g/mol. The second-order valence-corrected chi connectivity index (χ2v) is 4.39. The summed E-state index contributed by atoms with van der Waals surface area (Å²) >= 11 is 0. The van der Waals surface area contributed by atoms with Crippen LogP contribution in [0, 0.1) is 13.8 Å². The number of nitrogens with zero attached hydrogens (tertiary/aromatic N) is 5. The summed E-state index contributed by atoms with van der Waals surface area (Å²) in [6.07, 6.45) is 0. The average Bonchev–Trinajstić information content (AvgIpc) is 2.67. The van der Waals surface area contributed by atoms with Crippen LogP contribution < -0.4 is 11.3 Å². The molecule has 2 heterocycles. The molecule has 0 saturated heterocycles. The highest BCUT2D eigenvalue weighted by molar-refractivity contribution is 5.41. The molecule has 0 fully saturated rings. The Morgan fingerprint density at radius 2 is 1.94 bits per heavy atom. The van der Waals surface area contributed by atoms with Crippen LogP contribution in [0.4, 0.5) is 5.82 Å². The third-order valence-corrected chi connectivity index (χ3v) is 2.49. The minimum atomic E-state index is 0.210. The molecular formula is C11H17N7. The number of aromatic nitrogens is 5. The first-order valence-electron chi connectivity index (χ1n) is 5.77. The molecule has 0 amide bonds. The van der Waals surface area contributed by atoms with E-state index in [0.29, 0.717) is 23.3 Å². The van der Waals surface area contributed by atoms with E-state index in [1.807, 2.05) is 27.7 Å². The summed E-state index contributed by atoms with van der Waals surface area (Å²) in [7, 11) is 0. The first-order chi connectivity index (χ1) is 8.51. The molecule has 0 aliphatic rings. The highest BCUT2D eigenvalue weighted by atomic mass is 15.4. The van der Waals surface area contributed by atoms with Crippen LogP contribution in [0.1, 0.15) is 37.2 Å². The zero-order valence-electron chi connectivity index (χ0n) is 11.0. The van der Waals surface area contributed by atoms with Gasteiger partial charge >= 0.3 is 0 Å². The van der Waals surface area contributed by atoms with Crippen molar-refractivity contribution in [2.24, 2.45) is 5.84 Å². The van der Waals surface area contributed by atoms with Crippen LogP contribution in [0.15, 0.2) is 6.07 Å². The number of hydrogen-bond acceptors (Lipinski definition) is 6. The zero-order chi connectivity index (χ0) is 13.3. The number of nitrogens with two attached hydrogens (primary N) is 1. The highest BCUT2D eigenvalue weighted by Crippen LogP contribution is 2.16. The van der Waals surface area contributed by atoms with Gasteiger partial charge in [-0.2, -0.15) is 4.68 Å². The smallest absolute Gasteiger partial charge is 0.161 e. The molecule has 7 heteroatoms. The Kier molecular flexibility index (Phi) is 3.24. The zero-order valence-corrected chi connectivity index (χ0v) is 11.0. The van der Waals surface area contributed by atoms with Gasteiger partial charge in [0.2, 0.25) is 0 Å². The third kappa shape index (κ3) is 2.30. The van der Waals surface area contributed by atoms with E-state index < -0.39 is 0 Å². The molecule has 0 saturated carbocycles. The van der Waals surface area contributed by atoms with E-state index in [9.17, 15) is 0 Å². The van der Waals surface area contributed by atoms with Gasteiger partial charge in [-0.25, -0.2) is 20.8 Å². The van der Waals surface area contributed by atoms with Crippen molar-refractivity contribution in [1.29, 1.82) is 0 Å². The lowest BCUT2D eigenvalue weighted by molar-refractivity contribution is 0.735. The summed E-state index contributed by atoms with van der Waals surface area (Å²) < 4.78 is 1.68. The number of aryl methyl sites for hydroxylation is 2. The molecule has 0 aromatic carbocycles. The monoisotopic (exact) mass is 247 g/mol. The predicted octanol–water partition coefficient (Wildman–Crippen LogP) is 1.08. The number of hydrogen-bond donors (Lipinski definition) is 2. The molecule has 3 N–H and O–H groups in total. The van der Waals surface area contributed by atoms with E-state index in [1.165, 1.54) is 0 Å². The number of nitrogens with one attached hydrogen (secondary N) is 1. The minimum Gasteiger partial charge on any atom is -0.308 e. The van der Waals surface area contributed by atoms with E-state index in [1.54, 1.807) is 10.7 Å². The maximum absolute atomic E-state index is 5.42. The summed E-state index contributed by atoms with van der Waals surface area (Å²) in [5.41, 5.74) is 2.55. The molecule has 0 unspecified atom stereocenters. The van der Waals surface area contributed by atoms with Gasteiger partial charge in [0.05, 0.1) is 0 Å². The first kappa shape index (κ1) is 12.4.